The number of hydrogen-bond acceptors (Lipinski definition) is 5. The first-order valence-electron chi connectivity index (χ1n) is 6.78. The van der Waals surface area contributed by atoms with E-state index in [1.807, 2.05) is 6.07 Å². The highest BCUT2D eigenvalue weighted by molar-refractivity contribution is 6.35. The molecule has 0 bridgehead atoms. The molecule has 7 heteroatoms. The Kier molecular flexibility index (Phi) is 4.33. The van der Waals surface area contributed by atoms with E-state index < -0.39 is 0 Å². The summed E-state index contributed by atoms with van der Waals surface area (Å²) >= 11 is 12.3. The van der Waals surface area contributed by atoms with Crippen LogP contribution in [0.25, 0.3) is 0 Å². The maximum Gasteiger partial charge on any atom is 0.227 e. The van der Waals surface area contributed by atoms with E-state index in [0.29, 0.717) is 34.8 Å². The van der Waals surface area contributed by atoms with Gasteiger partial charge in [-0.15, -0.1) is 0 Å². The average Bonchev–Trinajstić information content (AvgIpc) is 2.85. The summed E-state index contributed by atoms with van der Waals surface area (Å²) in [6.45, 7) is 3.17. The minimum absolute atomic E-state index is 0.161. The molecule has 0 fully saturated rings. The number of halogens is 2. The third-order valence-corrected chi connectivity index (χ3v) is 3.86. The van der Waals surface area contributed by atoms with Crippen LogP contribution in [0, 0.1) is 6.92 Å². The van der Waals surface area contributed by atoms with Gasteiger partial charge in [-0.2, -0.15) is 4.98 Å². The fourth-order valence-corrected chi connectivity index (χ4v) is 3.00. The zero-order chi connectivity index (χ0) is 14.8. The standard InChI is InChI=1S/C14H15Cl2N3O2/c1-8-18-13(21-19-8)2-4-17-12-3-5-20-14-10(12)6-9(15)7-11(14)16/h6-7,12,17H,2-5H2,1H3. The number of nitrogens with one attached hydrogen (secondary N) is 1. The first-order chi connectivity index (χ1) is 10.1. The van der Waals surface area contributed by atoms with Crippen LogP contribution in [0.1, 0.15) is 29.7 Å². The number of benzene rings is 1. The van der Waals surface area contributed by atoms with Crippen molar-refractivity contribution in [2.45, 2.75) is 25.8 Å². The van der Waals surface area contributed by atoms with Crippen LogP contribution in [0.5, 0.6) is 5.75 Å². The average molecular weight is 328 g/mol. The smallest absolute Gasteiger partial charge is 0.227 e. The van der Waals surface area contributed by atoms with E-state index in [2.05, 4.69) is 15.5 Å². The van der Waals surface area contributed by atoms with Crippen molar-refractivity contribution in [2.75, 3.05) is 13.2 Å². The quantitative estimate of drug-likeness (QED) is 0.933. The second kappa shape index (κ2) is 6.22. The first-order valence-corrected chi connectivity index (χ1v) is 7.53. The molecule has 21 heavy (non-hydrogen) atoms. The number of aryl methyl sites for hydroxylation is 1. The largest absolute Gasteiger partial charge is 0.492 e. The summed E-state index contributed by atoms with van der Waals surface area (Å²) in [4.78, 5) is 4.18. The molecule has 0 saturated carbocycles. The van der Waals surface area contributed by atoms with Crippen molar-refractivity contribution in [3.05, 3.63) is 39.5 Å². The summed E-state index contributed by atoms with van der Waals surface area (Å²) < 4.78 is 10.7. The van der Waals surface area contributed by atoms with Crippen molar-refractivity contribution >= 4 is 23.2 Å². The highest BCUT2D eigenvalue weighted by Crippen LogP contribution is 2.39. The van der Waals surface area contributed by atoms with Crippen molar-refractivity contribution in [1.82, 2.24) is 15.5 Å². The number of aromatic nitrogens is 2. The lowest BCUT2D eigenvalue weighted by molar-refractivity contribution is 0.252. The van der Waals surface area contributed by atoms with E-state index in [1.54, 1.807) is 13.0 Å². The van der Waals surface area contributed by atoms with Gasteiger partial charge in [0.15, 0.2) is 5.82 Å². The number of rotatable bonds is 4. The fourth-order valence-electron chi connectivity index (χ4n) is 2.43. The zero-order valence-corrected chi connectivity index (χ0v) is 13.0. The molecule has 1 aliphatic rings. The number of nitrogens with zero attached hydrogens (tertiary/aromatic N) is 2. The first kappa shape index (κ1) is 14.6. The molecule has 2 heterocycles. The van der Waals surface area contributed by atoms with Crippen LogP contribution in [0.3, 0.4) is 0 Å². The Balaban J connectivity index is 1.67. The molecule has 0 radical (unpaired) electrons. The summed E-state index contributed by atoms with van der Waals surface area (Å²) in [6.07, 6.45) is 1.55. The molecule has 0 saturated heterocycles. The molecule has 1 N–H and O–H groups in total. The summed E-state index contributed by atoms with van der Waals surface area (Å²) in [5.74, 6) is 2.01. The zero-order valence-electron chi connectivity index (χ0n) is 11.5. The Hall–Kier alpha value is -1.30. The van der Waals surface area contributed by atoms with E-state index in [-0.39, 0.29) is 6.04 Å². The van der Waals surface area contributed by atoms with Crippen LogP contribution in [-0.2, 0) is 6.42 Å². The molecule has 2 aromatic rings. The van der Waals surface area contributed by atoms with Gasteiger partial charge in [-0.3, -0.25) is 0 Å². The highest BCUT2D eigenvalue weighted by atomic mass is 35.5. The van der Waals surface area contributed by atoms with Gasteiger partial charge in [0.25, 0.3) is 0 Å². The van der Waals surface area contributed by atoms with Crippen LogP contribution >= 0.6 is 23.2 Å². The lowest BCUT2D eigenvalue weighted by atomic mass is 10.0. The molecule has 112 valence electrons. The molecule has 1 aliphatic heterocycles. The Morgan fingerprint density at radius 3 is 3.00 bits per heavy atom. The monoisotopic (exact) mass is 327 g/mol. The molecule has 1 unspecified atom stereocenters. The lowest BCUT2D eigenvalue weighted by Gasteiger charge is -2.27. The van der Waals surface area contributed by atoms with Gasteiger partial charge in [0.05, 0.1) is 11.6 Å². The van der Waals surface area contributed by atoms with Gasteiger partial charge in [-0.05, 0) is 19.1 Å². The topological polar surface area (TPSA) is 60.2 Å². The van der Waals surface area contributed by atoms with Crippen molar-refractivity contribution < 1.29 is 9.26 Å². The summed E-state index contributed by atoms with van der Waals surface area (Å²) in [5, 5.41) is 8.40. The molecular formula is C14H15Cl2N3O2. The van der Waals surface area contributed by atoms with Crippen LogP contribution in [0.15, 0.2) is 16.7 Å². The fraction of sp³-hybridized carbons (Fsp3) is 0.429. The maximum atomic E-state index is 6.17. The van der Waals surface area contributed by atoms with E-state index >= 15 is 0 Å². The molecule has 3 rings (SSSR count). The molecule has 1 atom stereocenters. The maximum absolute atomic E-state index is 6.17. The van der Waals surface area contributed by atoms with Crippen LogP contribution in [0.2, 0.25) is 10.0 Å². The van der Waals surface area contributed by atoms with Gasteiger partial charge in [0.1, 0.15) is 5.75 Å². The molecule has 0 aliphatic carbocycles. The second-order valence-corrected chi connectivity index (χ2v) is 5.78. The third kappa shape index (κ3) is 3.31. The lowest BCUT2D eigenvalue weighted by Crippen LogP contribution is -2.28. The Labute approximate surface area is 132 Å². The van der Waals surface area contributed by atoms with Crippen LogP contribution in [0.4, 0.5) is 0 Å². The minimum Gasteiger partial charge on any atom is -0.492 e. The Morgan fingerprint density at radius 1 is 1.38 bits per heavy atom. The van der Waals surface area contributed by atoms with Gasteiger partial charge in [-0.25, -0.2) is 0 Å². The number of fused-ring (bicyclic) bond motifs is 1. The number of ether oxygens (including phenoxy) is 1. The van der Waals surface area contributed by atoms with Gasteiger partial charge in [0, 0.05) is 36.0 Å². The van der Waals surface area contributed by atoms with Crippen molar-refractivity contribution in [2.24, 2.45) is 0 Å². The van der Waals surface area contributed by atoms with Gasteiger partial charge >= 0.3 is 0 Å². The molecule has 1 aromatic carbocycles. The molecule has 0 amide bonds. The van der Waals surface area contributed by atoms with E-state index in [1.165, 1.54) is 0 Å². The molecular weight excluding hydrogens is 313 g/mol. The van der Waals surface area contributed by atoms with E-state index in [9.17, 15) is 0 Å². The normalized spacial score (nSPS) is 17.4. The number of hydrogen-bond donors (Lipinski definition) is 1. The van der Waals surface area contributed by atoms with Crippen molar-refractivity contribution in [1.29, 1.82) is 0 Å². The Morgan fingerprint density at radius 2 is 2.24 bits per heavy atom. The van der Waals surface area contributed by atoms with E-state index in [0.717, 1.165) is 24.3 Å². The van der Waals surface area contributed by atoms with Crippen molar-refractivity contribution in [3.8, 4) is 5.75 Å². The molecule has 0 spiro atoms. The van der Waals surface area contributed by atoms with Crippen molar-refractivity contribution in [3.63, 3.8) is 0 Å². The summed E-state index contributed by atoms with van der Waals surface area (Å²) in [7, 11) is 0. The third-order valence-electron chi connectivity index (χ3n) is 3.36. The predicted octanol–water partition coefficient (Wildman–Crippen LogP) is 3.34. The van der Waals surface area contributed by atoms with Crippen LogP contribution in [-0.4, -0.2) is 23.3 Å². The molecule has 1 aromatic heterocycles. The van der Waals surface area contributed by atoms with E-state index in [4.69, 9.17) is 32.5 Å². The van der Waals surface area contributed by atoms with Gasteiger partial charge in [-0.1, -0.05) is 28.4 Å². The van der Waals surface area contributed by atoms with Gasteiger partial charge in [0.2, 0.25) is 5.89 Å². The highest BCUT2D eigenvalue weighted by Gasteiger charge is 2.24. The summed E-state index contributed by atoms with van der Waals surface area (Å²) in [6, 6.07) is 3.76. The minimum atomic E-state index is 0.161. The molecule has 5 nitrogen and oxygen atoms in total. The summed E-state index contributed by atoms with van der Waals surface area (Å²) in [5.41, 5.74) is 1.00. The second-order valence-electron chi connectivity index (χ2n) is 4.94. The Bertz CT molecular complexity index is 645. The van der Waals surface area contributed by atoms with Crippen LogP contribution < -0.4 is 10.1 Å². The predicted molar refractivity (Wildman–Crippen MR) is 80.1 cm³/mol. The SMILES string of the molecule is Cc1noc(CCNC2CCOc3c(Cl)cc(Cl)cc32)n1. The van der Waals surface area contributed by atoms with Gasteiger partial charge < -0.3 is 14.6 Å².